The van der Waals surface area contributed by atoms with E-state index in [0.29, 0.717) is 27.8 Å². The minimum Gasteiger partial charge on any atom is -0.484 e. The summed E-state index contributed by atoms with van der Waals surface area (Å²) in [6.07, 6.45) is 1.23. The summed E-state index contributed by atoms with van der Waals surface area (Å²) in [6.45, 7) is 9.61. The van der Waals surface area contributed by atoms with Crippen LogP contribution in [0.15, 0.2) is 34.8 Å². The van der Waals surface area contributed by atoms with Gasteiger partial charge in [0.2, 0.25) is 5.91 Å². The van der Waals surface area contributed by atoms with E-state index >= 15 is 0 Å². The first-order chi connectivity index (χ1) is 15.6. The highest BCUT2D eigenvalue weighted by Crippen LogP contribution is 2.28. The fraction of sp³-hybridized carbons (Fsp3) is 0.440. The lowest BCUT2D eigenvalue weighted by molar-refractivity contribution is -0.143. The van der Waals surface area contributed by atoms with Crippen LogP contribution >= 0.6 is 39.1 Å². The summed E-state index contributed by atoms with van der Waals surface area (Å²) in [4.78, 5) is 27.9. The van der Waals surface area contributed by atoms with E-state index in [2.05, 4.69) is 21.2 Å². The van der Waals surface area contributed by atoms with Gasteiger partial charge in [-0.25, -0.2) is 0 Å². The quantitative estimate of drug-likeness (QED) is 0.364. The van der Waals surface area contributed by atoms with Crippen molar-refractivity contribution in [1.29, 1.82) is 0 Å². The van der Waals surface area contributed by atoms with Crippen molar-refractivity contribution in [2.24, 2.45) is 0 Å². The number of nitrogens with zero attached hydrogens (tertiary/aromatic N) is 1. The van der Waals surface area contributed by atoms with Crippen molar-refractivity contribution in [1.82, 2.24) is 10.2 Å². The Kier molecular flexibility index (Phi) is 10.5. The molecule has 1 N–H and O–H groups in total. The lowest BCUT2D eigenvalue weighted by atomic mass is 10.1. The Bertz CT molecular complexity index is 956. The molecule has 2 rings (SSSR count). The highest BCUT2D eigenvalue weighted by Gasteiger charge is 2.30. The second-order valence-corrected chi connectivity index (χ2v) is 9.73. The maximum atomic E-state index is 13.4. The normalized spacial score (nSPS) is 12.7. The maximum Gasteiger partial charge on any atom is 0.261 e. The Morgan fingerprint density at radius 2 is 1.67 bits per heavy atom. The number of halogens is 3. The monoisotopic (exact) mass is 556 g/mol. The molecule has 2 aromatic rings. The van der Waals surface area contributed by atoms with Crippen LogP contribution in [0.3, 0.4) is 0 Å². The first kappa shape index (κ1) is 27.5. The van der Waals surface area contributed by atoms with Crippen LogP contribution in [0.2, 0.25) is 10.0 Å². The number of carbonyl (C=O) groups excluding carboxylic acids is 2. The van der Waals surface area contributed by atoms with Crippen LogP contribution in [-0.2, 0) is 16.1 Å². The lowest BCUT2D eigenvalue weighted by Gasteiger charge is -2.32. The largest absolute Gasteiger partial charge is 0.484 e. The van der Waals surface area contributed by atoms with E-state index < -0.39 is 6.04 Å². The minimum absolute atomic E-state index is 0.00244. The van der Waals surface area contributed by atoms with Gasteiger partial charge in [0, 0.05) is 32.7 Å². The van der Waals surface area contributed by atoms with E-state index in [-0.39, 0.29) is 31.0 Å². The summed E-state index contributed by atoms with van der Waals surface area (Å²) in [5, 5.41) is 3.87. The Morgan fingerprint density at radius 1 is 1.09 bits per heavy atom. The van der Waals surface area contributed by atoms with E-state index in [1.807, 2.05) is 46.8 Å². The SMILES string of the molecule is CC[C@@H](C)NC(=O)[C@H](CC)N(Cc1c(Cl)cccc1Cl)C(=O)COc1cc(C)c(Br)c(C)c1. The molecule has 0 aliphatic heterocycles. The van der Waals surface area contributed by atoms with Gasteiger partial charge in [0.1, 0.15) is 11.8 Å². The summed E-state index contributed by atoms with van der Waals surface area (Å²) < 4.78 is 6.83. The number of benzene rings is 2. The molecular weight excluding hydrogens is 527 g/mol. The van der Waals surface area contributed by atoms with E-state index in [1.165, 1.54) is 4.90 Å². The average molecular weight is 558 g/mol. The number of ether oxygens (including phenoxy) is 1. The van der Waals surface area contributed by atoms with Gasteiger partial charge in [-0.2, -0.15) is 0 Å². The lowest BCUT2D eigenvalue weighted by Crippen LogP contribution is -2.51. The van der Waals surface area contributed by atoms with Crippen molar-refractivity contribution in [3.8, 4) is 5.75 Å². The Morgan fingerprint density at radius 3 is 2.18 bits per heavy atom. The molecule has 2 atom stereocenters. The summed E-state index contributed by atoms with van der Waals surface area (Å²) in [5.41, 5.74) is 2.62. The van der Waals surface area contributed by atoms with Gasteiger partial charge in [0.25, 0.3) is 5.91 Å². The molecule has 2 amide bonds. The molecule has 0 spiro atoms. The number of rotatable bonds is 10. The van der Waals surface area contributed by atoms with Crippen molar-refractivity contribution in [3.05, 3.63) is 61.5 Å². The van der Waals surface area contributed by atoms with Crippen LogP contribution < -0.4 is 10.1 Å². The van der Waals surface area contributed by atoms with Crippen molar-refractivity contribution in [2.75, 3.05) is 6.61 Å². The molecule has 180 valence electrons. The van der Waals surface area contributed by atoms with E-state index in [9.17, 15) is 9.59 Å². The van der Waals surface area contributed by atoms with Crippen LogP contribution in [-0.4, -0.2) is 35.4 Å². The number of nitrogens with one attached hydrogen (secondary N) is 1. The van der Waals surface area contributed by atoms with Crippen molar-refractivity contribution in [3.63, 3.8) is 0 Å². The van der Waals surface area contributed by atoms with Crippen LogP contribution in [0.25, 0.3) is 0 Å². The van der Waals surface area contributed by atoms with Crippen LogP contribution in [0.5, 0.6) is 5.75 Å². The maximum absolute atomic E-state index is 13.4. The molecule has 0 heterocycles. The van der Waals surface area contributed by atoms with Crippen LogP contribution in [0, 0.1) is 13.8 Å². The summed E-state index contributed by atoms with van der Waals surface area (Å²) in [6, 6.07) is 8.23. The minimum atomic E-state index is -0.684. The van der Waals surface area contributed by atoms with E-state index in [1.54, 1.807) is 18.2 Å². The third-order valence-corrected chi connectivity index (χ3v) is 7.51. The molecule has 33 heavy (non-hydrogen) atoms. The van der Waals surface area contributed by atoms with Crippen LogP contribution in [0.1, 0.15) is 50.3 Å². The third kappa shape index (κ3) is 7.36. The Labute approximate surface area is 214 Å². The second-order valence-electron chi connectivity index (χ2n) is 8.12. The number of hydrogen-bond donors (Lipinski definition) is 1. The van der Waals surface area contributed by atoms with Gasteiger partial charge in [-0.05, 0) is 69.0 Å². The van der Waals surface area contributed by atoms with Gasteiger partial charge in [-0.15, -0.1) is 0 Å². The molecule has 0 bridgehead atoms. The molecule has 0 saturated carbocycles. The zero-order valence-electron chi connectivity index (χ0n) is 19.7. The number of hydrogen-bond acceptors (Lipinski definition) is 3. The highest BCUT2D eigenvalue weighted by molar-refractivity contribution is 9.10. The standard InChI is InChI=1S/C25H31BrCl2N2O3/c1-6-17(5)29-25(32)22(7-2)30(13-19-20(27)9-8-10-21(19)28)23(31)14-33-18-11-15(3)24(26)16(4)12-18/h8-12,17,22H,6-7,13-14H2,1-5H3,(H,29,32)/t17-,22+/m1/s1. The summed E-state index contributed by atoms with van der Waals surface area (Å²) >= 11 is 16.3. The van der Waals surface area contributed by atoms with Crippen molar-refractivity contribution < 1.29 is 14.3 Å². The molecule has 0 radical (unpaired) electrons. The highest BCUT2D eigenvalue weighted by atomic mass is 79.9. The van der Waals surface area contributed by atoms with Gasteiger partial charge in [0.15, 0.2) is 6.61 Å². The van der Waals surface area contributed by atoms with E-state index in [4.69, 9.17) is 27.9 Å². The van der Waals surface area contributed by atoms with E-state index in [0.717, 1.165) is 22.0 Å². The topological polar surface area (TPSA) is 58.6 Å². The van der Waals surface area contributed by atoms with Gasteiger partial charge in [-0.3, -0.25) is 9.59 Å². The molecule has 0 aliphatic carbocycles. The number of carbonyl (C=O) groups is 2. The zero-order valence-corrected chi connectivity index (χ0v) is 22.8. The molecule has 0 aromatic heterocycles. The average Bonchev–Trinajstić information content (AvgIpc) is 2.77. The van der Waals surface area contributed by atoms with Gasteiger partial charge in [-0.1, -0.05) is 59.0 Å². The molecule has 0 fully saturated rings. The van der Waals surface area contributed by atoms with Crippen molar-refractivity contribution in [2.45, 2.75) is 66.1 Å². The number of amides is 2. The Hall–Kier alpha value is -1.76. The molecule has 5 nitrogen and oxygen atoms in total. The zero-order chi connectivity index (χ0) is 24.7. The third-order valence-electron chi connectivity index (χ3n) is 5.55. The fourth-order valence-corrected chi connectivity index (χ4v) is 4.18. The van der Waals surface area contributed by atoms with Crippen LogP contribution in [0.4, 0.5) is 0 Å². The second kappa shape index (κ2) is 12.6. The summed E-state index contributed by atoms with van der Waals surface area (Å²) in [5.74, 6) is 0.0588. The predicted octanol–water partition coefficient (Wildman–Crippen LogP) is 6.47. The molecule has 8 heteroatoms. The molecule has 2 aromatic carbocycles. The first-order valence-corrected chi connectivity index (χ1v) is 12.6. The van der Waals surface area contributed by atoms with Gasteiger partial charge < -0.3 is 15.0 Å². The first-order valence-electron chi connectivity index (χ1n) is 11.0. The number of aryl methyl sites for hydroxylation is 2. The Balaban J connectivity index is 2.32. The van der Waals surface area contributed by atoms with Gasteiger partial charge in [0.05, 0.1) is 0 Å². The molecule has 0 saturated heterocycles. The van der Waals surface area contributed by atoms with Crippen molar-refractivity contribution >= 4 is 50.9 Å². The smallest absolute Gasteiger partial charge is 0.261 e. The molecule has 0 unspecified atom stereocenters. The van der Waals surface area contributed by atoms with Gasteiger partial charge >= 0.3 is 0 Å². The summed E-state index contributed by atoms with van der Waals surface area (Å²) in [7, 11) is 0. The molecular formula is C25H31BrCl2N2O3. The predicted molar refractivity (Wildman–Crippen MR) is 138 cm³/mol. The fourth-order valence-electron chi connectivity index (χ4n) is 3.43. The molecule has 0 aliphatic rings.